The molecule has 1 aromatic carbocycles. The zero-order valence-electron chi connectivity index (χ0n) is 9.01. The number of benzene rings is 1. The average Bonchev–Trinajstić information content (AvgIpc) is 2.12. The number of hydrogen-bond acceptors (Lipinski definition) is 4. The largest absolute Gasteiger partial charge is 0.491 e. The van der Waals surface area contributed by atoms with Crippen molar-refractivity contribution in [2.75, 3.05) is 12.9 Å². The van der Waals surface area contributed by atoms with Gasteiger partial charge in [-0.1, -0.05) is 17.7 Å². The molecule has 0 aliphatic heterocycles. The van der Waals surface area contributed by atoms with Gasteiger partial charge in [-0.3, -0.25) is 4.18 Å². The molecule has 1 aromatic rings. The summed E-state index contributed by atoms with van der Waals surface area (Å²) in [6.07, 6.45) is 0.470. The van der Waals surface area contributed by atoms with Crippen LogP contribution in [0.3, 0.4) is 0 Å². The molecule has 0 radical (unpaired) electrons. The van der Waals surface area contributed by atoms with Gasteiger partial charge in [0.15, 0.2) is 0 Å². The van der Waals surface area contributed by atoms with Crippen molar-refractivity contribution in [2.45, 2.75) is 13.0 Å². The summed E-state index contributed by atoms with van der Waals surface area (Å²) in [5.41, 5.74) is 0. The van der Waals surface area contributed by atoms with Crippen LogP contribution in [0.15, 0.2) is 24.3 Å². The summed E-state index contributed by atoms with van der Waals surface area (Å²) in [5, 5.41) is 0.564. The van der Waals surface area contributed by atoms with E-state index in [2.05, 4.69) is 0 Å². The first-order chi connectivity index (χ1) is 7.37. The first kappa shape index (κ1) is 13.3. The van der Waals surface area contributed by atoms with E-state index in [4.69, 9.17) is 20.5 Å². The monoisotopic (exact) mass is 264 g/mol. The Bertz CT molecular complexity index is 444. The second-order valence-corrected chi connectivity index (χ2v) is 5.42. The SMILES string of the molecule is C[C@H](COc1cccc(Cl)c1)OS(C)(=O)=O. The third-order valence-electron chi connectivity index (χ3n) is 1.62. The maximum absolute atomic E-state index is 10.8. The van der Waals surface area contributed by atoms with Crippen LogP contribution in [0.25, 0.3) is 0 Å². The third-order valence-corrected chi connectivity index (χ3v) is 2.53. The van der Waals surface area contributed by atoms with E-state index in [0.29, 0.717) is 10.8 Å². The van der Waals surface area contributed by atoms with Gasteiger partial charge in [0.1, 0.15) is 18.5 Å². The van der Waals surface area contributed by atoms with Crippen LogP contribution in [0.1, 0.15) is 6.92 Å². The molecule has 0 spiro atoms. The molecule has 0 amide bonds. The summed E-state index contributed by atoms with van der Waals surface area (Å²) in [6, 6.07) is 6.86. The van der Waals surface area contributed by atoms with Crippen LogP contribution in [0.4, 0.5) is 0 Å². The Hall–Kier alpha value is -0.780. The molecule has 16 heavy (non-hydrogen) atoms. The van der Waals surface area contributed by atoms with Gasteiger partial charge >= 0.3 is 0 Å². The normalized spacial score (nSPS) is 13.4. The molecule has 4 nitrogen and oxygen atoms in total. The Morgan fingerprint density at radius 1 is 1.44 bits per heavy atom. The lowest BCUT2D eigenvalue weighted by molar-refractivity contribution is 0.150. The first-order valence-corrected chi connectivity index (χ1v) is 6.83. The minimum Gasteiger partial charge on any atom is -0.491 e. The van der Waals surface area contributed by atoms with E-state index in [0.717, 1.165) is 6.26 Å². The van der Waals surface area contributed by atoms with Crippen molar-refractivity contribution < 1.29 is 17.3 Å². The van der Waals surface area contributed by atoms with E-state index in [9.17, 15) is 8.42 Å². The topological polar surface area (TPSA) is 52.6 Å². The fraction of sp³-hybridized carbons (Fsp3) is 0.400. The van der Waals surface area contributed by atoms with E-state index < -0.39 is 16.2 Å². The average molecular weight is 265 g/mol. The Morgan fingerprint density at radius 3 is 2.69 bits per heavy atom. The van der Waals surface area contributed by atoms with E-state index in [1.807, 2.05) is 0 Å². The van der Waals surface area contributed by atoms with Crippen LogP contribution in [0.2, 0.25) is 5.02 Å². The standard InChI is InChI=1S/C10H13ClO4S/c1-8(15-16(2,12)13)7-14-10-5-3-4-9(11)6-10/h3-6,8H,7H2,1-2H3/t8-/m1/s1. The predicted molar refractivity (Wildman–Crippen MR) is 62.3 cm³/mol. The van der Waals surface area contributed by atoms with E-state index in [1.54, 1.807) is 31.2 Å². The maximum atomic E-state index is 10.8. The van der Waals surface area contributed by atoms with Gasteiger partial charge in [0.2, 0.25) is 0 Å². The van der Waals surface area contributed by atoms with Crippen molar-refractivity contribution in [3.8, 4) is 5.75 Å². The van der Waals surface area contributed by atoms with E-state index >= 15 is 0 Å². The van der Waals surface area contributed by atoms with Crippen molar-refractivity contribution in [3.05, 3.63) is 29.3 Å². The summed E-state index contributed by atoms with van der Waals surface area (Å²) in [6.45, 7) is 1.76. The first-order valence-electron chi connectivity index (χ1n) is 4.63. The fourth-order valence-electron chi connectivity index (χ4n) is 1.10. The molecular weight excluding hydrogens is 252 g/mol. The fourth-order valence-corrected chi connectivity index (χ4v) is 1.93. The minimum atomic E-state index is -3.44. The molecule has 0 bridgehead atoms. The van der Waals surface area contributed by atoms with Gasteiger partial charge in [0, 0.05) is 5.02 Å². The molecule has 0 heterocycles. The molecule has 1 rings (SSSR count). The summed E-state index contributed by atoms with van der Waals surface area (Å²) in [5.74, 6) is 0.580. The molecule has 0 aliphatic rings. The van der Waals surface area contributed by atoms with Crippen LogP contribution in [0.5, 0.6) is 5.75 Å². The Balaban J connectivity index is 2.46. The summed E-state index contributed by atoms with van der Waals surface area (Å²) >= 11 is 5.76. The molecule has 0 unspecified atom stereocenters. The molecule has 0 aromatic heterocycles. The zero-order chi connectivity index (χ0) is 12.2. The molecule has 1 atom stereocenters. The summed E-state index contributed by atoms with van der Waals surface area (Å²) < 4.78 is 31.6. The number of halogens is 1. The summed E-state index contributed by atoms with van der Waals surface area (Å²) in [7, 11) is -3.44. The van der Waals surface area contributed by atoms with Gasteiger partial charge in [-0.15, -0.1) is 0 Å². The van der Waals surface area contributed by atoms with Crippen molar-refractivity contribution in [1.82, 2.24) is 0 Å². The van der Waals surface area contributed by atoms with Gasteiger partial charge < -0.3 is 4.74 Å². The molecule has 0 saturated heterocycles. The van der Waals surface area contributed by atoms with Gasteiger partial charge in [-0.05, 0) is 25.1 Å². The van der Waals surface area contributed by atoms with E-state index in [-0.39, 0.29) is 6.61 Å². The smallest absolute Gasteiger partial charge is 0.264 e. The molecule has 0 N–H and O–H groups in total. The van der Waals surface area contributed by atoms with Crippen molar-refractivity contribution in [2.24, 2.45) is 0 Å². The van der Waals surface area contributed by atoms with Gasteiger partial charge in [-0.25, -0.2) is 0 Å². The van der Waals surface area contributed by atoms with Crippen LogP contribution >= 0.6 is 11.6 Å². The minimum absolute atomic E-state index is 0.146. The third kappa shape index (κ3) is 5.34. The van der Waals surface area contributed by atoms with Gasteiger partial charge in [-0.2, -0.15) is 8.42 Å². The van der Waals surface area contributed by atoms with Crippen LogP contribution in [-0.2, 0) is 14.3 Å². The summed E-state index contributed by atoms with van der Waals surface area (Å²) in [4.78, 5) is 0. The lowest BCUT2D eigenvalue weighted by atomic mass is 10.3. The highest BCUT2D eigenvalue weighted by atomic mass is 35.5. The highest BCUT2D eigenvalue weighted by Gasteiger charge is 2.10. The quantitative estimate of drug-likeness (QED) is 0.764. The highest BCUT2D eigenvalue weighted by Crippen LogP contribution is 2.17. The molecule has 90 valence electrons. The number of hydrogen-bond donors (Lipinski definition) is 0. The van der Waals surface area contributed by atoms with Crippen LogP contribution in [0, 0.1) is 0 Å². The molecule has 6 heteroatoms. The van der Waals surface area contributed by atoms with Crippen molar-refractivity contribution in [3.63, 3.8) is 0 Å². The second kappa shape index (κ2) is 5.52. The molecule has 0 aliphatic carbocycles. The number of ether oxygens (including phenoxy) is 1. The number of rotatable bonds is 5. The lowest BCUT2D eigenvalue weighted by Gasteiger charge is -2.12. The van der Waals surface area contributed by atoms with Crippen LogP contribution in [-0.4, -0.2) is 27.4 Å². The Morgan fingerprint density at radius 2 is 2.12 bits per heavy atom. The maximum Gasteiger partial charge on any atom is 0.264 e. The van der Waals surface area contributed by atoms with Gasteiger partial charge in [0.25, 0.3) is 10.1 Å². The Labute approximate surface area is 100 Å². The molecular formula is C10H13ClO4S. The predicted octanol–water partition coefficient (Wildman–Crippen LogP) is 2.08. The van der Waals surface area contributed by atoms with Gasteiger partial charge in [0.05, 0.1) is 6.26 Å². The molecule has 0 saturated carbocycles. The van der Waals surface area contributed by atoms with Crippen LogP contribution < -0.4 is 4.74 Å². The van der Waals surface area contributed by atoms with Crippen molar-refractivity contribution in [1.29, 1.82) is 0 Å². The molecule has 0 fully saturated rings. The van der Waals surface area contributed by atoms with E-state index in [1.165, 1.54) is 0 Å². The Kier molecular flexibility index (Phi) is 4.58. The second-order valence-electron chi connectivity index (χ2n) is 3.38. The van der Waals surface area contributed by atoms with Crippen molar-refractivity contribution >= 4 is 21.7 Å². The highest BCUT2D eigenvalue weighted by molar-refractivity contribution is 7.86. The zero-order valence-corrected chi connectivity index (χ0v) is 10.6. The lowest BCUT2D eigenvalue weighted by Crippen LogP contribution is -2.21.